The first-order chi connectivity index (χ1) is 15.3. The molecule has 0 aliphatic heterocycles. The Labute approximate surface area is 196 Å². The Bertz CT molecular complexity index is 712. The molecule has 4 rings (SSSR count). The first kappa shape index (κ1) is 24.3. The SMILES string of the molecule is C#CCNC/C=C/CCC(C)C1CCC2C3CCC4CC(O)CCC4(C)C3CC(O)C12C. The molecule has 0 spiro atoms. The molecule has 32 heavy (non-hydrogen) atoms. The van der Waals surface area contributed by atoms with E-state index in [2.05, 4.69) is 44.2 Å². The zero-order valence-electron chi connectivity index (χ0n) is 20.7. The summed E-state index contributed by atoms with van der Waals surface area (Å²) in [5.41, 5.74) is 0.405. The van der Waals surface area contributed by atoms with Gasteiger partial charge < -0.3 is 15.5 Å². The van der Waals surface area contributed by atoms with Gasteiger partial charge in [-0.2, -0.15) is 0 Å². The second kappa shape index (κ2) is 9.81. The molecule has 10 unspecified atom stereocenters. The molecule has 0 aromatic carbocycles. The number of hydrogen-bond donors (Lipinski definition) is 3. The minimum absolute atomic E-state index is 0.0794. The Hall–Kier alpha value is -0.820. The fraction of sp³-hybridized carbons (Fsp3) is 0.862. The van der Waals surface area contributed by atoms with Crippen LogP contribution < -0.4 is 5.32 Å². The van der Waals surface area contributed by atoms with Gasteiger partial charge in [-0.3, -0.25) is 0 Å². The molecule has 4 aliphatic rings. The van der Waals surface area contributed by atoms with Crippen molar-refractivity contribution in [2.75, 3.05) is 13.1 Å². The number of aliphatic hydroxyl groups excluding tert-OH is 2. The summed E-state index contributed by atoms with van der Waals surface area (Å²) in [5.74, 6) is 6.65. The van der Waals surface area contributed by atoms with Gasteiger partial charge in [0, 0.05) is 6.54 Å². The highest BCUT2D eigenvalue weighted by Crippen LogP contribution is 2.68. The summed E-state index contributed by atoms with van der Waals surface area (Å²) in [6, 6.07) is 0. The van der Waals surface area contributed by atoms with Crippen LogP contribution in [-0.2, 0) is 0 Å². The molecule has 3 N–H and O–H groups in total. The van der Waals surface area contributed by atoms with Gasteiger partial charge in [0.15, 0.2) is 0 Å². The second-order valence-electron chi connectivity index (χ2n) is 12.2. The molecule has 0 radical (unpaired) electrons. The summed E-state index contributed by atoms with van der Waals surface area (Å²) in [5, 5.41) is 25.1. The third-order valence-corrected chi connectivity index (χ3v) is 10.9. The van der Waals surface area contributed by atoms with Gasteiger partial charge in [0.2, 0.25) is 0 Å². The van der Waals surface area contributed by atoms with Crippen molar-refractivity contribution in [1.29, 1.82) is 0 Å². The second-order valence-corrected chi connectivity index (χ2v) is 12.2. The molecule has 4 aliphatic carbocycles. The highest BCUT2D eigenvalue weighted by molar-refractivity contribution is 5.12. The van der Waals surface area contributed by atoms with E-state index in [4.69, 9.17) is 6.42 Å². The molecule has 4 saturated carbocycles. The maximum Gasteiger partial charge on any atom is 0.0602 e. The van der Waals surface area contributed by atoms with Crippen LogP contribution in [0, 0.1) is 58.7 Å². The molecule has 0 amide bonds. The van der Waals surface area contributed by atoms with Gasteiger partial charge >= 0.3 is 0 Å². The quantitative estimate of drug-likeness (QED) is 0.290. The lowest BCUT2D eigenvalue weighted by Gasteiger charge is -2.62. The van der Waals surface area contributed by atoms with Crippen molar-refractivity contribution < 1.29 is 10.2 Å². The van der Waals surface area contributed by atoms with Crippen LogP contribution in [0.15, 0.2) is 12.2 Å². The fourth-order valence-corrected chi connectivity index (χ4v) is 9.15. The third-order valence-electron chi connectivity index (χ3n) is 10.9. The van der Waals surface area contributed by atoms with Gasteiger partial charge in [-0.15, -0.1) is 6.42 Å². The molecule has 10 atom stereocenters. The summed E-state index contributed by atoms with van der Waals surface area (Å²) < 4.78 is 0. The summed E-state index contributed by atoms with van der Waals surface area (Å²) in [6.07, 6.45) is 21.1. The predicted molar refractivity (Wildman–Crippen MR) is 132 cm³/mol. The largest absolute Gasteiger partial charge is 0.393 e. The van der Waals surface area contributed by atoms with Crippen LogP contribution in [0.4, 0.5) is 0 Å². The van der Waals surface area contributed by atoms with Crippen molar-refractivity contribution in [3.63, 3.8) is 0 Å². The van der Waals surface area contributed by atoms with Gasteiger partial charge in [0.05, 0.1) is 18.8 Å². The Morgan fingerprint density at radius 2 is 1.88 bits per heavy atom. The van der Waals surface area contributed by atoms with Crippen LogP contribution in [0.2, 0.25) is 0 Å². The zero-order valence-corrected chi connectivity index (χ0v) is 20.7. The van der Waals surface area contributed by atoms with Crippen LogP contribution >= 0.6 is 0 Å². The highest BCUT2D eigenvalue weighted by Gasteiger charge is 2.63. The molecule has 0 heterocycles. The molecule has 4 fully saturated rings. The molecule has 0 aromatic heterocycles. The number of hydrogen-bond acceptors (Lipinski definition) is 3. The lowest BCUT2D eigenvalue weighted by molar-refractivity contribution is -0.174. The van der Waals surface area contributed by atoms with Crippen LogP contribution in [0.1, 0.15) is 85.0 Å². The van der Waals surface area contributed by atoms with E-state index in [1.165, 1.54) is 32.1 Å². The van der Waals surface area contributed by atoms with Crippen molar-refractivity contribution in [3.05, 3.63) is 12.2 Å². The number of nitrogens with one attached hydrogen (secondary N) is 1. The predicted octanol–water partition coefficient (Wildman–Crippen LogP) is 5.17. The van der Waals surface area contributed by atoms with Gasteiger partial charge in [-0.1, -0.05) is 38.8 Å². The number of fused-ring (bicyclic) bond motifs is 5. The van der Waals surface area contributed by atoms with E-state index in [9.17, 15) is 10.2 Å². The molecule has 0 saturated heterocycles. The Morgan fingerprint density at radius 1 is 1.06 bits per heavy atom. The minimum atomic E-state index is -0.172. The monoisotopic (exact) mass is 441 g/mol. The van der Waals surface area contributed by atoms with Gasteiger partial charge in [-0.25, -0.2) is 0 Å². The van der Waals surface area contributed by atoms with Crippen molar-refractivity contribution in [2.45, 2.75) is 97.2 Å². The topological polar surface area (TPSA) is 52.5 Å². The van der Waals surface area contributed by atoms with E-state index >= 15 is 0 Å². The third kappa shape index (κ3) is 4.21. The van der Waals surface area contributed by atoms with E-state index in [-0.39, 0.29) is 17.6 Å². The van der Waals surface area contributed by atoms with Crippen molar-refractivity contribution >= 4 is 0 Å². The van der Waals surface area contributed by atoms with Crippen LogP contribution in [0.25, 0.3) is 0 Å². The lowest BCUT2D eigenvalue weighted by Crippen LogP contribution is -2.58. The van der Waals surface area contributed by atoms with Crippen molar-refractivity contribution in [2.24, 2.45) is 46.3 Å². The average molecular weight is 442 g/mol. The molecule has 3 nitrogen and oxygen atoms in total. The maximum atomic E-state index is 11.7. The van der Waals surface area contributed by atoms with E-state index in [0.717, 1.165) is 44.6 Å². The van der Waals surface area contributed by atoms with Crippen molar-refractivity contribution in [1.82, 2.24) is 5.32 Å². The number of rotatable bonds is 7. The number of terminal acetylenes is 1. The highest BCUT2D eigenvalue weighted by atomic mass is 16.3. The average Bonchev–Trinajstić information content (AvgIpc) is 3.13. The summed E-state index contributed by atoms with van der Waals surface area (Å²) in [4.78, 5) is 0. The van der Waals surface area contributed by atoms with Gasteiger partial charge in [-0.05, 0) is 111 Å². The van der Waals surface area contributed by atoms with E-state index in [0.29, 0.717) is 41.5 Å². The molecule has 0 bridgehead atoms. The molecular formula is C29H47NO2. The number of allylic oxidation sites excluding steroid dienone is 1. The summed E-state index contributed by atoms with van der Waals surface area (Å²) >= 11 is 0. The smallest absolute Gasteiger partial charge is 0.0602 e. The van der Waals surface area contributed by atoms with Crippen LogP contribution in [-0.4, -0.2) is 35.5 Å². The van der Waals surface area contributed by atoms with Crippen LogP contribution in [0.3, 0.4) is 0 Å². The Morgan fingerprint density at radius 3 is 2.66 bits per heavy atom. The van der Waals surface area contributed by atoms with Gasteiger partial charge in [0.25, 0.3) is 0 Å². The fourth-order valence-electron chi connectivity index (χ4n) is 9.15. The lowest BCUT2D eigenvalue weighted by atomic mass is 9.43. The normalized spacial score (nSPS) is 46.8. The molecule has 3 heteroatoms. The molecule has 0 aromatic rings. The Balaban J connectivity index is 1.41. The Kier molecular flexibility index (Phi) is 7.45. The maximum absolute atomic E-state index is 11.7. The van der Waals surface area contributed by atoms with Crippen LogP contribution in [0.5, 0.6) is 0 Å². The molecular weight excluding hydrogens is 394 g/mol. The van der Waals surface area contributed by atoms with E-state index in [1.54, 1.807) is 0 Å². The van der Waals surface area contributed by atoms with Gasteiger partial charge in [0.1, 0.15) is 0 Å². The molecule has 180 valence electrons. The minimum Gasteiger partial charge on any atom is -0.393 e. The van der Waals surface area contributed by atoms with E-state index < -0.39 is 0 Å². The van der Waals surface area contributed by atoms with Crippen molar-refractivity contribution in [3.8, 4) is 12.3 Å². The zero-order chi connectivity index (χ0) is 22.9. The summed E-state index contributed by atoms with van der Waals surface area (Å²) in [7, 11) is 0. The first-order valence-corrected chi connectivity index (χ1v) is 13.5. The number of aliphatic hydroxyl groups is 2. The standard InChI is InChI=1S/C29H47NO2/c1-5-16-30-17-8-6-7-9-20(2)24-12-13-25-23-11-10-21-18-22(31)14-15-28(21,3)26(23)19-27(32)29(24,25)4/h1,6,8,20-27,30-32H,7,9-19H2,2-4H3/b8-6+. The van der Waals surface area contributed by atoms with E-state index in [1.807, 2.05) is 0 Å². The summed E-state index contributed by atoms with van der Waals surface area (Å²) in [6.45, 7) is 8.87. The first-order valence-electron chi connectivity index (χ1n) is 13.5.